The van der Waals surface area contributed by atoms with Crippen LogP contribution >= 0.6 is 0 Å². The zero-order valence-corrected chi connectivity index (χ0v) is 20.5. The molecule has 0 aliphatic carbocycles. The van der Waals surface area contributed by atoms with E-state index in [4.69, 9.17) is 9.47 Å². The third-order valence-corrected chi connectivity index (χ3v) is 7.32. The lowest BCUT2D eigenvalue weighted by Crippen LogP contribution is -2.41. The van der Waals surface area contributed by atoms with Crippen molar-refractivity contribution in [2.75, 3.05) is 32.4 Å². The van der Waals surface area contributed by atoms with Gasteiger partial charge < -0.3 is 14.4 Å². The van der Waals surface area contributed by atoms with E-state index >= 15 is 0 Å². The molecule has 1 atom stereocenters. The Balaban J connectivity index is 1.43. The van der Waals surface area contributed by atoms with Gasteiger partial charge in [-0.3, -0.25) is 0 Å². The fraction of sp³-hybridized carbons (Fsp3) is 0.609. The first-order valence-electron chi connectivity index (χ1n) is 11.3. The Kier molecular flexibility index (Phi) is 6.50. The van der Waals surface area contributed by atoms with Crippen molar-refractivity contribution >= 4 is 27.0 Å². The molecule has 2 aliphatic rings. The maximum absolute atomic E-state index is 12.4. The third-order valence-electron chi connectivity index (χ3n) is 6.05. The molecule has 0 spiro atoms. The first kappa shape index (κ1) is 23.7. The number of carbonyl (C=O) groups is 1. The summed E-state index contributed by atoms with van der Waals surface area (Å²) in [6.07, 6.45) is 4.65. The second-order valence-electron chi connectivity index (χ2n) is 9.83. The van der Waals surface area contributed by atoms with E-state index in [0.29, 0.717) is 38.3 Å². The van der Waals surface area contributed by atoms with Crippen LogP contribution in [-0.2, 0) is 14.8 Å². The predicted molar refractivity (Wildman–Crippen MR) is 125 cm³/mol. The molecule has 180 valence electrons. The van der Waals surface area contributed by atoms with E-state index < -0.39 is 15.6 Å². The minimum Gasteiger partial charge on any atom is -0.489 e. The second-order valence-corrected chi connectivity index (χ2v) is 11.8. The van der Waals surface area contributed by atoms with Crippen molar-refractivity contribution in [2.24, 2.45) is 0 Å². The summed E-state index contributed by atoms with van der Waals surface area (Å²) in [5.74, 6) is 0.909. The number of amides is 1. The first-order chi connectivity index (χ1) is 15.5. The van der Waals surface area contributed by atoms with Crippen LogP contribution in [0.15, 0.2) is 24.5 Å². The van der Waals surface area contributed by atoms with Crippen LogP contribution in [0.25, 0.3) is 10.9 Å². The van der Waals surface area contributed by atoms with Gasteiger partial charge in [-0.25, -0.2) is 23.2 Å². The summed E-state index contributed by atoms with van der Waals surface area (Å²) in [7, 11) is -3.20. The molecule has 1 amide bonds. The largest absolute Gasteiger partial charge is 0.489 e. The summed E-state index contributed by atoms with van der Waals surface area (Å²) in [6, 6.07) is 5.76. The molecular formula is C23H32N4O5S. The van der Waals surface area contributed by atoms with E-state index in [1.54, 1.807) is 11.2 Å². The average Bonchev–Trinajstić information content (AvgIpc) is 3.21. The summed E-state index contributed by atoms with van der Waals surface area (Å²) >= 11 is 0. The quantitative estimate of drug-likeness (QED) is 0.668. The van der Waals surface area contributed by atoms with Gasteiger partial charge in [0.1, 0.15) is 23.8 Å². The minimum atomic E-state index is -3.20. The molecule has 1 aromatic carbocycles. The molecule has 2 aromatic rings. The van der Waals surface area contributed by atoms with Gasteiger partial charge in [0, 0.05) is 37.0 Å². The smallest absolute Gasteiger partial charge is 0.410 e. The van der Waals surface area contributed by atoms with Crippen LogP contribution in [-0.4, -0.2) is 77.8 Å². The highest BCUT2D eigenvalue weighted by molar-refractivity contribution is 7.88. The fourth-order valence-corrected chi connectivity index (χ4v) is 5.28. The van der Waals surface area contributed by atoms with Crippen LogP contribution in [0.5, 0.6) is 5.75 Å². The van der Waals surface area contributed by atoms with Gasteiger partial charge in [-0.05, 0) is 52.2 Å². The number of sulfonamides is 1. The lowest BCUT2D eigenvalue weighted by atomic mass is 9.91. The summed E-state index contributed by atoms with van der Waals surface area (Å²) < 4.78 is 36.5. The van der Waals surface area contributed by atoms with Crippen molar-refractivity contribution in [3.05, 3.63) is 30.2 Å². The number of nitrogens with zero attached hydrogens (tertiary/aromatic N) is 4. The third kappa shape index (κ3) is 5.73. The molecule has 3 heterocycles. The van der Waals surface area contributed by atoms with Crippen molar-refractivity contribution in [1.29, 1.82) is 0 Å². The normalized spacial score (nSPS) is 20.8. The van der Waals surface area contributed by atoms with Crippen molar-refractivity contribution in [3.8, 4) is 5.75 Å². The van der Waals surface area contributed by atoms with Crippen LogP contribution in [0.4, 0.5) is 4.79 Å². The molecular weight excluding hydrogens is 444 g/mol. The van der Waals surface area contributed by atoms with E-state index in [1.165, 1.54) is 10.6 Å². The van der Waals surface area contributed by atoms with E-state index in [1.807, 2.05) is 39.0 Å². The number of piperidine rings is 1. The van der Waals surface area contributed by atoms with Crippen LogP contribution in [0.3, 0.4) is 0 Å². The van der Waals surface area contributed by atoms with E-state index in [-0.39, 0.29) is 18.1 Å². The summed E-state index contributed by atoms with van der Waals surface area (Å²) in [4.78, 5) is 23.1. The molecule has 2 saturated heterocycles. The Morgan fingerprint density at radius 2 is 1.82 bits per heavy atom. The Hall–Kier alpha value is -2.46. The molecule has 10 heteroatoms. The minimum absolute atomic E-state index is 0.171. The number of likely N-dealkylation sites (tertiary alicyclic amines) is 1. The zero-order valence-electron chi connectivity index (χ0n) is 19.7. The summed E-state index contributed by atoms with van der Waals surface area (Å²) in [5.41, 5.74) is 1.28. The highest BCUT2D eigenvalue weighted by atomic mass is 32.2. The lowest BCUT2D eigenvalue weighted by molar-refractivity contribution is 0.0204. The van der Waals surface area contributed by atoms with Gasteiger partial charge in [0.05, 0.1) is 24.0 Å². The standard InChI is InChI=1S/C23H32N4O5S/c1-23(2,3)32-22(28)26-10-7-16(8-11-26)21-19-6-5-17(13-20(19)24-15-25-21)31-18-9-12-27(14-18)33(4,29)30/h5-6,13,15-16,18H,7-12,14H2,1-4H3/t18-/m1/s1. The van der Waals surface area contributed by atoms with Gasteiger partial charge in [-0.1, -0.05) is 0 Å². The van der Waals surface area contributed by atoms with Crippen LogP contribution in [0, 0.1) is 0 Å². The molecule has 2 fully saturated rings. The van der Waals surface area contributed by atoms with E-state index in [2.05, 4.69) is 9.97 Å². The lowest BCUT2D eigenvalue weighted by Gasteiger charge is -2.33. The van der Waals surface area contributed by atoms with Crippen molar-refractivity contribution in [2.45, 2.75) is 57.7 Å². The number of ether oxygens (including phenoxy) is 2. The molecule has 1 aromatic heterocycles. The highest BCUT2D eigenvalue weighted by Crippen LogP contribution is 2.33. The fourth-order valence-electron chi connectivity index (χ4n) is 4.41. The van der Waals surface area contributed by atoms with Gasteiger partial charge in [0.2, 0.25) is 10.0 Å². The van der Waals surface area contributed by atoms with Gasteiger partial charge >= 0.3 is 6.09 Å². The highest BCUT2D eigenvalue weighted by Gasteiger charge is 2.31. The van der Waals surface area contributed by atoms with Crippen molar-refractivity contribution < 1.29 is 22.7 Å². The summed E-state index contributed by atoms with van der Waals surface area (Å²) in [6.45, 7) is 7.72. The number of rotatable bonds is 4. The number of hydrogen-bond donors (Lipinski definition) is 0. The van der Waals surface area contributed by atoms with Gasteiger partial charge in [0.15, 0.2) is 0 Å². The molecule has 33 heavy (non-hydrogen) atoms. The van der Waals surface area contributed by atoms with Crippen LogP contribution < -0.4 is 4.74 Å². The Labute approximate surface area is 195 Å². The molecule has 0 bridgehead atoms. The maximum Gasteiger partial charge on any atom is 0.410 e. The van der Waals surface area contributed by atoms with Crippen LogP contribution in [0.1, 0.15) is 51.6 Å². The van der Waals surface area contributed by atoms with Crippen molar-refractivity contribution in [3.63, 3.8) is 0 Å². The Bertz CT molecular complexity index is 1120. The maximum atomic E-state index is 12.4. The van der Waals surface area contributed by atoms with Gasteiger partial charge in [-0.15, -0.1) is 0 Å². The first-order valence-corrected chi connectivity index (χ1v) is 13.2. The molecule has 4 rings (SSSR count). The number of aromatic nitrogens is 2. The predicted octanol–water partition coefficient (Wildman–Crippen LogP) is 3.16. The SMILES string of the molecule is CC(C)(C)OC(=O)N1CCC(c2ncnc3cc(O[C@@H]4CCN(S(C)(=O)=O)C4)ccc23)CC1. The molecule has 0 unspecified atom stereocenters. The molecule has 0 N–H and O–H groups in total. The average molecular weight is 477 g/mol. The van der Waals surface area contributed by atoms with Crippen molar-refractivity contribution in [1.82, 2.24) is 19.2 Å². The Morgan fingerprint density at radius 3 is 2.45 bits per heavy atom. The summed E-state index contributed by atoms with van der Waals surface area (Å²) in [5, 5.41) is 0.977. The van der Waals surface area contributed by atoms with E-state index in [9.17, 15) is 13.2 Å². The molecule has 0 radical (unpaired) electrons. The number of benzene rings is 1. The zero-order chi connectivity index (χ0) is 23.8. The Morgan fingerprint density at radius 1 is 1.09 bits per heavy atom. The van der Waals surface area contributed by atoms with Gasteiger partial charge in [-0.2, -0.15) is 4.31 Å². The molecule has 9 nitrogen and oxygen atoms in total. The second kappa shape index (κ2) is 9.06. The monoisotopic (exact) mass is 476 g/mol. The number of carbonyl (C=O) groups excluding carboxylic acids is 1. The number of fused-ring (bicyclic) bond motifs is 1. The van der Waals surface area contributed by atoms with E-state index in [0.717, 1.165) is 29.4 Å². The van der Waals surface area contributed by atoms with Gasteiger partial charge in [0.25, 0.3) is 0 Å². The molecule has 2 aliphatic heterocycles. The topological polar surface area (TPSA) is 102 Å². The molecule has 0 saturated carbocycles. The van der Waals surface area contributed by atoms with Crippen LogP contribution in [0.2, 0.25) is 0 Å². The number of hydrogen-bond acceptors (Lipinski definition) is 7.